The number of carbonyl (C=O) groups excluding carboxylic acids is 1. The summed E-state index contributed by atoms with van der Waals surface area (Å²) in [5, 5.41) is 6.05. The topological polar surface area (TPSA) is 89.5 Å². The molecule has 3 heterocycles. The van der Waals surface area contributed by atoms with Crippen LogP contribution < -0.4 is 20.4 Å². The van der Waals surface area contributed by atoms with Gasteiger partial charge in [-0.05, 0) is 42.6 Å². The fourth-order valence-corrected chi connectivity index (χ4v) is 5.26. The number of rotatable bonds is 8. The van der Waals surface area contributed by atoms with E-state index >= 15 is 0 Å². The van der Waals surface area contributed by atoms with Gasteiger partial charge in [-0.15, -0.1) is 0 Å². The fourth-order valence-electron chi connectivity index (χ4n) is 5.26. The largest absolute Gasteiger partial charge is 0.357 e. The van der Waals surface area contributed by atoms with Crippen molar-refractivity contribution >= 4 is 23.8 Å². The lowest BCUT2D eigenvalue weighted by molar-refractivity contribution is -0.125. The number of aromatic nitrogens is 3. The summed E-state index contributed by atoms with van der Waals surface area (Å²) in [6.07, 6.45) is 1.63. The molecule has 2 aromatic carbocycles. The van der Waals surface area contributed by atoms with Gasteiger partial charge in [-0.2, -0.15) is 15.0 Å². The Morgan fingerprint density at radius 3 is 2.32 bits per heavy atom. The van der Waals surface area contributed by atoms with Crippen LogP contribution in [0.4, 0.5) is 31.0 Å². The van der Waals surface area contributed by atoms with E-state index in [0.29, 0.717) is 24.4 Å². The first-order valence-corrected chi connectivity index (χ1v) is 13.9. The highest BCUT2D eigenvalue weighted by molar-refractivity contribution is 5.79. The molecule has 218 valence electrons. The Morgan fingerprint density at radius 2 is 1.59 bits per heavy atom. The quantitative estimate of drug-likeness (QED) is 0.401. The van der Waals surface area contributed by atoms with Crippen LogP contribution in [-0.2, 0) is 17.8 Å². The second-order valence-corrected chi connectivity index (χ2v) is 10.6. The molecule has 0 radical (unpaired) electrons. The average Bonchev–Trinajstić information content (AvgIpc) is 3.00. The summed E-state index contributed by atoms with van der Waals surface area (Å²) in [6, 6.07) is 9.42. The van der Waals surface area contributed by atoms with E-state index in [2.05, 4.69) is 37.4 Å². The molecule has 1 atom stereocenters. The van der Waals surface area contributed by atoms with Crippen LogP contribution in [0.15, 0.2) is 36.4 Å². The zero-order valence-electron chi connectivity index (χ0n) is 23.3. The van der Waals surface area contributed by atoms with E-state index in [1.54, 1.807) is 19.2 Å². The minimum absolute atomic E-state index is 0.0554. The van der Waals surface area contributed by atoms with Crippen LogP contribution in [-0.4, -0.2) is 79.1 Å². The molecule has 2 N–H and O–H groups in total. The van der Waals surface area contributed by atoms with E-state index in [9.17, 15) is 18.0 Å². The van der Waals surface area contributed by atoms with Crippen LogP contribution in [0.3, 0.4) is 0 Å². The minimum Gasteiger partial charge on any atom is -0.357 e. The molecule has 0 spiro atoms. The standard InChI is InChI=1S/C29H35F3N8O/c1-33-27-35-28(39-14-12-38(2)13-15-39)37-29(36-27)40-11-5-8-22(18-40)26(41)34-17-21-7-4-3-6-19(21)16-20-9-10-23(30)25(32)24(20)31/h3-4,6-7,9-10,22H,5,8,11-18H2,1-2H3,(H,34,41)(H,33,35,36,37). The maximum atomic E-state index is 14.3. The SMILES string of the molecule is CNc1nc(N2CCN(C)CC2)nc(N2CCCC(C(=O)NCc3ccccc3Cc3ccc(F)c(F)c3F)C2)n1. The number of piperidine rings is 1. The van der Waals surface area contributed by atoms with Crippen LogP contribution in [0.25, 0.3) is 0 Å². The smallest absolute Gasteiger partial charge is 0.232 e. The van der Waals surface area contributed by atoms with E-state index in [0.717, 1.165) is 62.8 Å². The Morgan fingerprint density at radius 1 is 0.878 bits per heavy atom. The van der Waals surface area contributed by atoms with Gasteiger partial charge in [0.2, 0.25) is 23.8 Å². The van der Waals surface area contributed by atoms with Gasteiger partial charge in [-0.1, -0.05) is 30.3 Å². The van der Waals surface area contributed by atoms with E-state index in [1.165, 1.54) is 6.07 Å². The number of anilines is 3. The third-order valence-corrected chi connectivity index (χ3v) is 7.76. The number of piperazine rings is 1. The zero-order chi connectivity index (χ0) is 28.9. The predicted octanol–water partition coefficient (Wildman–Crippen LogP) is 3.21. The molecule has 1 unspecified atom stereocenters. The molecule has 0 aliphatic carbocycles. The Hall–Kier alpha value is -3.93. The lowest BCUT2D eigenvalue weighted by atomic mass is 9.96. The van der Waals surface area contributed by atoms with Gasteiger partial charge in [-0.25, -0.2) is 13.2 Å². The molecule has 9 nitrogen and oxygen atoms in total. The van der Waals surface area contributed by atoms with Crippen molar-refractivity contribution in [3.8, 4) is 0 Å². The average molecular weight is 569 g/mol. The normalized spacial score (nSPS) is 17.9. The van der Waals surface area contributed by atoms with Crippen LogP contribution in [0.1, 0.15) is 29.5 Å². The number of carbonyl (C=O) groups is 1. The number of hydrogen-bond acceptors (Lipinski definition) is 8. The molecule has 0 bridgehead atoms. The number of halogens is 3. The Balaban J connectivity index is 1.24. The number of amides is 1. The maximum absolute atomic E-state index is 14.3. The second-order valence-electron chi connectivity index (χ2n) is 10.6. The lowest BCUT2D eigenvalue weighted by Crippen LogP contribution is -2.46. The van der Waals surface area contributed by atoms with Crippen molar-refractivity contribution in [3.05, 3.63) is 70.5 Å². The van der Waals surface area contributed by atoms with Gasteiger partial charge in [0.25, 0.3) is 0 Å². The third kappa shape index (κ3) is 6.70. The van der Waals surface area contributed by atoms with Crippen molar-refractivity contribution in [3.63, 3.8) is 0 Å². The van der Waals surface area contributed by atoms with Crippen LogP contribution in [0.2, 0.25) is 0 Å². The number of nitrogens with one attached hydrogen (secondary N) is 2. The summed E-state index contributed by atoms with van der Waals surface area (Å²) in [5.41, 5.74) is 1.56. The second kappa shape index (κ2) is 12.7. The molecular weight excluding hydrogens is 533 g/mol. The van der Waals surface area contributed by atoms with Gasteiger partial charge in [0.05, 0.1) is 5.92 Å². The summed E-state index contributed by atoms with van der Waals surface area (Å²) >= 11 is 0. The number of hydrogen-bond donors (Lipinski definition) is 2. The molecule has 2 saturated heterocycles. The van der Waals surface area contributed by atoms with Crippen molar-refractivity contribution in [2.24, 2.45) is 5.92 Å². The Labute approximate surface area is 237 Å². The summed E-state index contributed by atoms with van der Waals surface area (Å²) < 4.78 is 41.4. The Bertz CT molecular complexity index is 1380. The molecule has 0 saturated carbocycles. The van der Waals surface area contributed by atoms with E-state index < -0.39 is 17.5 Å². The van der Waals surface area contributed by atoms with Gasteiger partial charge in [0.1, 0.15) is 0 Å². The third-order valence-electron chi connectivity index (χ3n) is 7.76. The van der Waals surface area contributed by atoms with Crippen molar-refractivity contribution in [2.45, 2.75) is 25.8 Å². The first-order chi connectivity index (χ1) is 19.8. The van der Waals surface area contributed by atoms with Crippen molar-refractivity contribution in [1.82, 2.24) is 25.2 Å². The summed E-state index contributed by atoms with van der Waals surface area (Å²) in [7, 11) is 3.87. The van der Waals surface area contributed by atoms with Gasteiger partial charge >= 0.3 is 0 Å². The first-order valence-electron chi connectivity index (χ1n) is 13.9. The molecule has 3 aromatic rings. The highest BCUT2D eigenvalue weighted by atomic mass is 19.2. The predicted molar refractivity (Wildman–Crippen MR) is 151 cm³/mol. The van der Waals surface area contributed by atoms with Gasteiger partial charge in [0.15, 0.2) is 17.5 Å². The van der Waals surface area contributed by atoms with Crippen LogP contribution >= 0.6 is 0 Å². The lowest BCUT2D eigenvalue weighted by Gasteiger charge is -2.34. The summed E-state index contributed by atoms with van der Waals surface area (Å²) in [4.78, 5) is 33.6. The van der Waals surface area contributed by atoms with E-state index in [-0.39, 0.29) is 30.4 Å². The fraction of sp³-hybridized carbons (Fsp3) is 0.448. The zero-order valence-corrected chi connectivity index (χ0v) is 23.3. The Kier molecular flexibility index (Phi) is 8.87. The molecular formula is C29H35F3N8O. The van der Waals surface area contributed by atoms with Gasteiger partial charge < -0.3 is 25.3 Å². The first kappa shape index (κ1) is 28.6. The minimum atomic E-state index is -1.48. The number of benzene rings is 2. The maximum Gasteiger partial charge on any atom is 0.232 e. The van der Waals surface area contributed by atoms with Crippen molar-refractivity contribution in [2.75, 3.05) is 68.5 Å². The van der Waals surface area contributed by atoms with Crippen LogP contribution in [0, 0.1) is 23.4 Å². The monoisotopic (exact) mass is 568 g/mol. The highest BCUT2D eigenvalue weighted by Gasteiger charge is 2.29. The molecule has 1 aromatic heterocycles. The van der Waals surface area contributed by atoms with Crippen molar-refractivity contribution in [1.29, 1.82) is 0 Å². The molecule has 41 heavy (non-hydrogen) atoms. The van der Waals surface area contributed by atoms with Gasteiger partial charge in [0, 0.05) is 59.3 Å². The summed E-state index contributed by atoms with van der Waals surface area (Å²) in [5.74, 6) is -2.57. The molecule has 1 amide bonds. The molecule has 5 rings (SSSR count). The molecule has 2 fully saturated rings. The van der Waals surface area contributed by atoms with E-state index in [1.807, 2.05) is 17.0 Å². The number of likely N-dealkylation sites (N-methyl/N-ethyl adjacent to an activating group) is 1. The number of nitrogens with zero attached hydrogens (tertiary/aromatic N) is 6. The highest BCUT2D eigenvalue weighted by Crippen LogP contribution is 2.25. The van der Waals surface area contributed by atoms with Crippen molar-refractivity contribution < 1.29 is 18.0 Å². The molecule has 2 aliphatic rings. The molecule has 2 aliphatic heterocycles. The summed E-state index contributed by atoms with van der Waals surface area (Å²) in [6.45, 7) is 4.98. The van der Waals surface area contributed by atoms with E-state index in [4.69, 9.17) is 4.98 Å². The van der Waals surface area contributed by atoms with Gasteiger partial charge in [-0.3, -0.25) is 4.79 Å². The molecule has 12 heteroatoms. The van der Waals surface area contributed by atoms with Crippen LogP contribution in [0.5, 0.6) is 0 Å².